The molecule has 0 unspecified atom stereocenters. The third kappa shape index (κ3) is 2.17. The zero-order chi connectivity index (χ0) is 10.5. The molecule has 1 N–H and O–H groups in total. The molecule has 0 aliphatic heterocycles. The molecule has 4 heteroatoms. The number of benzene rings is 1. The van der Waals surface area contributed by atoms with E-state index >= 15 is 0 Å². The monoisotopic (exact) mass is 199 g/mol. The predicted octanol–water partition coefficient (Wildman–Crippen LogP) is 2.98. The zero-order valence-electron chi connectivity index (χ0n) is 7.92. The van der Waals surface area contributed by atoms with Crippen LogP contribution in [0.25, 0.3) is 12.2 Å². The van der Waals surface area contributed by atoms with Gasteiger partial charge in [-0.25, -0.2) is 4.98 Å². The molecule has 0 atom stereocenters. The molecule has 0 aliphatic carbocycles. The van der Waals surface area contributed by atoms with Crippen LogP contribution in [0.2, 0.25) is 0 Å². The van der Waals surface area contributed by atoms with Crippen LogP contribution in [0.3, 0.4) is 0 Å². The van der Waals surface area contributed by atoms with Gasteiger partial charge in [-0.05, 0) is 16.8 Å². The lowest BCUT2D eigenvalue weighted by atomic mass is 10.2. The van der Waals surface area contributed by atoms with Crippen LogP contribution >= 0.6 is 0 Å². The van der Waals surface area contributed by atoms with E-state index in [1.165, 1.54) is 6.33 Å². The van der Waals surface area contributed by atoms with Crippen LogP contribution in [0.4, 0.5) is 5.82 Å². The Morgan fingerprint density at radius 3 is 2.73 bits per heavy atom. The van der Waals surface area contributed by atoms with Crippen molar-refractivity contribution < 1.29 is 0 Å². The predicted molar refractivity (Wildman–Crippen MR) is 59.4 cm³/mol. The van der Waals surface area contributed by atoms with E-state index in [0.29, 0.717) is 5.69 Å². The molecule has 0 amide bonds. The van der Waals surface area contributed by atoms with Gasteiger partial charge in [-0.1, -0.05) is 36.4 Å². The summed E-state index contributed by atoms with van der Waals surface area (Å²) in [6.07, 6.45) is 5.11. The highest BCUT2D eigenvalue weighted by Crippen LogP contribution is 2.15. The molecule has 0 fully saturated rings. The van der Waals surface area contributed by atoms with E-state index in [1.54, 1.807) is 6.08 Å². The number of hydrogen-bond donors (Lipinski definition) is 1. The van der Waals surface area contributed by atoms with Crippen molar-refractivity contribution in [2.24, 2.45) is 5.18 Å². The minimum absolute atomic E-state index is 0.183. The molecule has 0 spiro atoms. The lowest BCUT2D eigenvalue weighted by Crippen LogP contribution is -1.72. The number of imidazole rings is 1. The van der Waals surface area contributed by atoms with E-state index in [2.05, 4.69) is 15.1 Å². The summed E-state index contributed by atoms with van der Waals surface area (Å²) in [6.45, 7) is 0. The van der Waals surface area contributed by atoms with Crippen molar-refractivity contribution in [3.05, 3.63) is 52.8 Å². The van der Waals surface area contributed by atoms with Crippen LogP contribution in [-0.4, -0.2) is 9.97 Å². The maximum atomic E-state index is 10.3. The Hall–Kier alpha value is -2.23. The van der Waals surface area contributed by atoms with Crippen LogP contribution in [0.1, 0.15) is 11.3 Å². The molecule has 4 nitrogen and oxygen atoms in total. The second kappa shape index (κ2) is 4.32. The minimum Gasteiger partial charge on any atom is -0.343 e. The van der Waals surface area contributed by atoms with Gasteiger partial charge in [0.25, 0.3) is 0 Å². The third-order valence-electron chi connectivity index (χ3n) is 1.98. The fourth-order valence-corrected chi connectivity index (χ4v) is 1.24. The van der Waals surface area contributed by atoms with Crippen molar-refractivity contribution in [2.75, 3.05) is 0 Å². The fourth-order valence-electron chi connectivity index (χ4n) is 1.24. The Balaban J connectivity index is 2.22. The Morgan fingerprint density at radius 1 is 1.20 bits per heavy atom. The molecule has 0 saturated heterocycles. The number of nitrogens with one attached hydrogen (secondary N) is 1. The van der Waals surface area contributed by atoms with E-state index < -0.39 is 0 Å². The molecule has 0 saturated carbocycles. The fraction of sp³-hybridized carbons (Fsp3) is 0. The van der Waals surface area contributed by atoms with Gasteiger partial charge in [-0.2, -0.15) is 0 Å². The van der Waals surface area contributed by atoms with Crippen LogP contribution in [0, 0.1) is 4.91 Å². The van der Waals surface area contributed by atoms with E-state index in [9.17, 15) is 4.91 Å². The first kappa shape index (κ1) is 9.33. The van der Waals surface area contributed by atoms with Crippen molar-refractivity contribution in [2.45, 2.75) is 0 Å². The Morgan fingerprint density at radius 2 is 2.00 bits per heavy atom. The summed E-state index contributed by atoms with van der Waals surface area (Å²) in [5, 5.41) is 2.80. The molecular weight excluding hydrogens is 190 g/mol. The number of nitrogens with zero attached hydrogens (tertiary/aromatic N) is 2. The van der Waals surface area contributed by atoms with Crippen molar-refractivity contribution in [1.29, 1.82) is 0 Å². The number of hydrogen-bond acceptors (Lipinski definition) is 3. The number of H-pyrrole nitrogens is 1. The van der Waals surface area contributed by atoms with Crippen molar-refractivity contribution in [1.82, 2.24) is 9.97 Å². The summed E-state index contributed by atoms with van der Waals surface area (Å²) in [6, 6.07) is 9.80. The first-order valence-corrected chi connectivity index (χ1v) is 4.50. The first-order valence-electron chi connectivity index (χ1n) is 4.50. The van der Waals surface area contributed by atoms with Crippen LogP contribution in [0.15, 0.2) is 41.8 Å². The van der Waals surface area contributed by atoms with Gasteiger partial charge in [0.15, 0.2) is 0 Å². The molecule has 15 heavy (non-hydrogen) atoms. The Labute approximate surface area is 86.7 Å². The third-order valence-corrected chi connectivity index (χ3v) is 1.98. The summed E-state index contributed by atoms with van der Waals surface area (Å²) in [5.41, 5.74) is 1.68. The van der Waals surface area contributed by atoms with Crippen LogP contribution in [-0.2, 0) is 0 Å². The van der Waals surface area contributed by atoms with Crippen LogP contribution < -0.4 is 0 Å². The molecule has 0 bridgehead atoms. The summed E-state index contributed by atoms with van der Waals surface area (Å²) < 4.78 is 0. The smallest absolute Gasteiger partial charge is 0.221 e. The Kier molecular flexibility index (Phi) is 2.69. The quantitative estimate of drug-likeness (QED) is 0.772. The van der Waals surface area contributed by atoms with Gasteiger partial charge >= 0.3 is 0 Å². The summed E-state index contributed by atoms with van der Waals surface area (Å²) in [4.78, 5) is 16.9. The lowest BCUT2D eigenvalue weighted by molar-refractivity contribution is 1.29. The second-order valence-corrected chi connectivity index (χ2v) is 2.98. The molecule has 2 aromatic rings. The van der Waals surface area contributed by atoms with E-state index in [-0.39, 0.29) is 5.82 Å². The van der Waals surface area contributed by atoms with Gasteiger partial charge in [-0.3, -0.25) is 0 Å². The van der Waals surface area contributed by atoms with E-state index in [0.717, 1.165) is 5.56 Å². The first-order chi connectivity index (χ1) is 7.40. The topological polar surface area (TPSA) is 58.1 Å². The molecule has 1 heterocycles. The largest absolute Gasteiger partial charge is 0.343 e. The number of aromatic nitrogens is 2. The minimum atomic E-state index is 0.183. The van der Waals surface area contributed by atoms with Gasteiger partial charge in [0, 0.05) is 0 Å². The van der Waals surface area contributed by atoms with Gasteiger partial charge < -0.3 is 4.98 Å². The number of rotatable bonds is 3. The number of aromatic amines is 1. The SMILES string of the molecule is O=Nc1nc[nH]c1C=Cc1ccccc1. The highest BCUT2D eigenvalue weighted by Gasteiger charge is 2.00. The summed E-state index contributed by atoms with van der Waals surface area (Å²) in [7, 11) is 0. The molecule has 0 aliphatic rings. The van der Waals surface area contributed by atoms with Gasteiger partial charge in [0.1, 0.15) is 0 Å². The van der Waals surface area contributed by atoms with Crippen molar-refractivity contribution in [3.8, 4) is 0 Å². The highest BCUT2D eigenvalue weighted by atomic mass is 16.3. The standard InChI is InChI=1S/C11H9N3O/c15-14-11-10(12-8-13-11)7-6-9-4-2-1-3-5-9/h1-8H,(H,12,13). The molecule has 74 valence electrons. The normalized spacial score (nSPS) is 10.7. The van der Waals surface area contributed by atoms with Crippen LogP contribution in [0.5, 0.6) is 0 Å². The number of nitroso groups, excluding NO2 is 1. The maximum absolute atomic E-state index is 10.3. The van der Waals surface area contributed by atoms with E-state index in [4.69, 9.17) is 0 Å². The zero-order valence-corrected chi connectivity index (χ0v) is 7.92. The molecule has 2 rings (SSSR count). The van der Waals surface area contributed by atoms with Crippen molar-refractivity contribution in [3.63, 3.8) is 0 Å². The molecular formula is C11H9N3O. The molecule has 1 aromatic heterocycles. The molecule has 1 aromatic carbocycles. The van der Waals surface area contributed by atoms with Crippen molar-refractivity contribution >= 4 is 18.0 Å². The van der Waals surface area contributed by atoms with Gasteiger partial charge in [-0.15, -0.1) is 4.91 Å². The summed E-state index contributed by atoms with van der Waals surface area (Å²) >= 11 is 0. The second-order valence-electron chi connectivity index (χ2n) is 2.98. The average molecular weight is 199 g/mol. The lowest BCUT2D eigenvalue weighted by Gasteiger charge is -1.90. The average Bonchev–Trinajstić information content (AvgIpc) is 2.75. The van der Waals surface area contributed by atoms with E-state index in [1.807, 2.05) is 36.4 Å². The molecule has 0 radical (unpaired) electrons. The Bertz CT molecular complexity index is 474. The summed E-state index contributed by atoms with van der Waals surface area (Å²) in [5.74, 6) is 0.183. The van der Waals surface area contributed by atoms with Gasteiger partial charge in [0.2, 0.25) is 5.82 Å². The maximum Gasteiger partial charge on any atom is 0.221 e. The van der Waals surface area contributed by atoms with Gasteiger partial charge in [0.05, 0.1) is 12.0 Å². The highest BCUT2D eigenvalue weighted by molar-refractivity contribution is 5.71.